The summed E-state index contributed by atoms with van der Waals surface area (Å²) in [5.41, 5.74) is 1.90. The van der Waals surface area contributed by atoms with Gasteiger partial charge >= 0.3 is 0 Å². The molecule has 1 saturated carbocycles. The molecule has 2 atom stereocenters. The normalized spacial score (nSPS) is 26.0. The Balaban J connectivity index is 1.72. The van der Waals surface area contributed by atoms with Gasteiger partial charge in [-0.05, 0) is 30.4 Å². The molecule has 2 N–H and O–H groups in total. The van der Waals surface area contributed by atoms with Crippen molar-refractivity contribution in [2.75, 3.05) is 13.7 Å². The van der Waals surface area contributed by atoms with Crippen molar-refractivity contribution in [1.82, 2.24) is 5.32 Å². The summed E-state index contributed by atoms with van der Waals surface area (Å²) in [5.74, 6) is 0.0755. The molecule has 1 fully saturated rings. The Morgan fingerprint density at radius 1 is 1.43 bits per heavy atom. The maximum Gasteiger partial charge on any atom is 0.226 e. The molecule has 0 spiro atoms. The summed E-state index contributed by atoms with van der Waals surface area (Å²) >= 11 is 0. The highest BCUT2D eigenvalue weighted by atomic mass is 16.5. The van der Waals surface area contributed by atoms with Gasteiger partial charge in [0.15, 0.2) is 0 Å². The van der Waals surface area contributed by atoms with E-state index in [1.54, 1.807) is 7.11 Å². The van der Waals surface area contributed by atoms with E-state index in [1.807, 2.05) is 24.3 Å². The van der Waals surface area contributed by atoms with E-state index in [0.29, 0.717) is 13.0 Å². The van der Waals surface area contributed by atoms with Crippen LogP contribution in [0.1, 0.15) is 42.9 Å². The zero-order chi connectivity index (χ0) is 14.9. The van der Waals surface area contributed by atoms with Gasteiger partial charge in [0.1, 0.15) is 0 Å². The second-order valence-corrected chi connectivity index (χ2v) is 6.30. The first kappa shape index (κ1) is 14.5. The van der Waals surface area contributed by atoms with Gasteiger partial charge in [-0.25, -0.2) is 0 Å². The highest BCUT2D eigenvalue weighted by Gasteiger charge is 2.45. The number of fused-ring (bicyclic) bond motifs is 1. The SMILES string of the molecule is COCCC1(C(=O)N[C@H]2c3ccccc3C[C@H]2O)CCC1. The average molecular weight is 289 g/mol. The lowest BCUT2D eigenvalue weighted by atomic mass is 9.66. The van der Waals surface area contributed by atoms with Crippen LogP contribution in [0, 0.1) is 5.41 Å². The van der Waals surface area contributed by atoms with Crippen LogP contribution in [-0.2, 0) is 16.0 Å². The largest absolute Gasteiger partial charge is 0.390 e. The number of rotatable bonds is 5. The summed E-state index contributed by atoms with van der Waals surface area (Å²) in [6, 6.07) is 7.68. The fourth-order valence-electron chi connectivity index (χ4n) is 3.53. The molecule has 0 aromatic heterocycles. The third-order valence-corrected chi connectivity index (χ3v) is 5.07. The fourth-order valence-corrected chi connectivity index (χ4v) is 3.53. The molecule has 3 rings (SSSR count). The van der Waals surface area contributed by atoms with Gasteiger partial charge < -0.3 is 15.2 Å². The van der Waals surface area contributed by atoms with Crippen molar-refractivity contribution in [2.45, 2.75) is 44.2 Å². The molecule has 0 heterocycles. The van der Waals surface area contributed by atoms with E-state index < -0.39 is 6.10 Å². The molecule has 0 aliphatic heterocycles. The Morgan fingerprint density at radius 3 is 2.86 bits per heavy atom. The predicted octanol–water partition coefficient (Wildman–Crippen LogP) is 1.97. The van der Waals surface area contributed by atoms with Crippen molar-refractivity contribution in [3.8, 4) is 0 Å². The van der Waals surface area contributed by atoms with E-state index in [4.69, 9.17) is 4.74 Å². The van der Waals surface area contributed by atoms with Crippen LogP contribution in [0.3, 0.4) is 0 Å². The first-order chi connectivity index (χ1) is 10.2. The summed E-state index contributed by atoms with van der Waals surface area (Å²) in [4.78, 5) is 12.7. The quantitative estimate of drug-likeness (QED) is 0.871. The zero-order valence-corrected chi connectivity index (χ0v) is 12.5. The molecule has 114 valence electrons. The van der Waals surface area contributed by atoms with Gasteiger partial charge in [0, 0.05) is 20.1 Å². The minimum absolute atomic E-state index is 0.0755. The van der Waals surface area contributed by atoms with Crippen LogP contribution in [0.25, 0.3) is 0 Å². The van der Waals surface area contributed by atoms with Crippen LogP contribution < -0.4 is 5.32 Å². The number of hydrogen-bond donors (Lipinski definition) is 2. The van der Waals surface area contributed by atoms with Crippen LogP contribution >= 0.6 is 0 Å². The van der Waals surface area contributed by atoms with Crippen molar-refractivity contribution in [3.05, 3.63) is 35.4 Å². The lowest BCUT2D eigenvalue weighted by Crippen LogP contribution is -2.48. The fraction of sp³-hybridized carbons (Fsp3) is 0.588. The molecule has 0 unspecified atom stereocenters. The Morgan fingerprint density at radius 2 is 2.19 bits per heavy atom. The van der Waals surface area contributed by atoms with Crippen LogP contribution in [-0.4, -0.2) is 30.8 Å². The number of benzene rings is 1. The molecule has 4 nitrogen and oxygen atoms in total. The second-order valence-electron chi connectivity index (χ2n) is 6.30. The maximum atomic E-state index is 12.7. The standard InChI is InChI=1S/C17H23NO3/c1-21-10-9-17(7-4-8-17)16(20)18-15-13-6-3-2-5-12(13)11-14(15)19/h2-3,5-6,14-15,19H,4,7-11H2,1H3,(H,18,20)/t14-,15+/m1/s1. The van der Waals surface area contributed by atoms with Gasteiger partial charge in [0.25, 0.3) is 0 Å². The number of nitrogens with one attached hydrogen (secondary N) is 1. The first-order valence-corrected chi connectivity index (χ1v) is 7.72. The van der Waals surface area contributed by atoms with E-state index in [0.717, 1.165) is 36.8 Å². The number of amides is 1. The molecular formula is C17H23NO3. The van der Waals surface area contributed by atoms with Crippen LogP contribution in [0.2, 0.25) is 0 Å². The van der Waals surface area contributed by atoms with Crippen molar-refractivity contribution in [1.29, 1.82) is 0 Å². The predicted molar refractivity (Wildman–Crippen MR) is 79.8 cm³/mol. The first-order valence-electron chi connectivity index (χ1n) is 7.72. The molecular weight excluding hydrogens is 266 g/mol. The average Bonchev–Trinajstić information content (AvgIpc) is 2.74. The summed E-state index contributed by atoms with van der Waals surface area (Å²) < 4.78 is 5.14. The smallest absolute Gasteiger partial charge is 0.226 e. The summed E-state index contributed by atoms with van der Waals surface area (Å²) in [6.45, 7) is 0.608. The Hall–Kier alpha value is -1.39. The number of aliphatic hydroxyl groups excluding tert-OH is 1. The van der Waals surface area contributed by atoms with Crippen LogP contribution in [0.15, 0.2) is 24.3 Å². The van der Waals surface area contributed by atoms with E-state index in [9.17, 15) is 9.90 Å². The number of carbonyl (C=O) groups is 1. The van der Waals surface area contributed by atoms with E-state index in [1.165, 1.54) is 0 Å². The zero-order valence-electron chi connectivity index (χ0n) is 12.5. The molecule has 21 heavy (non-hydrogen) atoms. The Bertz CT molecular complexity index is 525. The van der Waals surface area contributed by atoms with Crippen LogP contribution in [0.4, 0.5) is 0 Å². The number of hydrogen-bond acceptors (Lipinski definition) is 3. The maximum absolute atomic E-state index is 12.7. The van der Waals surface area contributed by atoms with Gasteiger partial charge in [0.2, 0.25) is 5.91 Å². The Kier molecular flexibility index (Phi) is 4.00. The lowest BCUT2D eigenvalue weighted by molar-refractivity contribution is -0.139. The van der Waals surface area contributed by atoms with Crippen molar-refractivity contribution < 1.29 is 14.6 Å². The molecule has 0 radical (unpaired) electrons. The third-order valence-electron chi connectivity index (χ3n) is 5.07. The van der Waals surface area contributed by atoms with Crippen LogP contribution in [0.5, 0.6) is 0 Å². The van der Waals surface area contributed by atoms with Gasteiger partial charge in [0.05, 0.1) is 17.6 Å². The van der Waals surface area contributed by atoms with E-state index in [2.05, 4.69) is 5.32 Å². The van der Waals surface area contributed by atoms with Crippen molar-refractivity contribution >= 4 is 5.91 Å². The monoisotopic (exact) mass is 289 g/mol. The molecule has 0 bridgehead atoms. The molecule has 4 heteroatoms. The number of aliphatic hydroxyl groups is 1. The lowest BCUT2D eigenvalue weighted by Gasteiger charge is -2.41. The number of methoxy groups -OCH3 is 1. The molecule has 0 saturated heterocycles. The third kappa shape index (κ3) is 2.58. The molecule has 1 aromatic rings. The van der Waals surface area contributed by atoms with Gasteiger partial charge in [-0.15, -0.1) is 0 Å². The Labute approximate surface area is 125 Å². The molecule has 2 aliphatic rings. The van der Waals surface area contributed by atoms with Crippen molar-refractivity contribution in [3.63, 3.8) is 0 Å². The molecule has 2 aliphatic carbocycles. The minimum Gasteiger partial charge on any atom is -0.390 e. The van der Waals surface area contributed by atoms with Gasteiger partial charge in [-0.1, -0.05) is 30.7 Å². The van der Waals surface area contributed by atoms with E-state index in [-0.39, 0.29) is 17.4 Å². The van der Waals surface area contributed by atoms with Crippen molar-refractivity contribution in [2.24, 2.45) is 5.41 Å². The number of ether oxygens (including phenoxy) is 1. The van der Waals surface area contributed by atoms with Gasteiger partial charge in [-0.3, -0.25) is 4.79 Å². The topological polar surface area (TPSA) is 58.6 Å². The summed E-state index contributed by atoms with van der Waals surface area (Å²) in [7, 11) is 1.67. The highest BCUT2D eigenvalue weighted by Crippen LogP contribution is 2.45. The summed E-state index contributed by atoms with van der Waals surface area (Å²) in [6.07, 6.45) is 3.80. The van der Waals surface area contributed by atoms with E-state index >= 15 is 0 Å². The summed E-state index contributed by atoms with van der Waals surface area (Å²) in [5, 5.41) is 13.3. The molecule has 1 amide bonds. The van der Waals surface area contributed by atoms with Gasteiger partial charge in [-0.2, -0.15) is 0 Å². The number of carbonyl (C=O) groups excluding carboxylic acids is 1. The molecule has 1 aromatic carbocycles. The second kappa shape index (κ2) is 5.78. The highest BCUT2D eigenvalue weighted by molar-refractivity contribution is 5.84. The minimum atomic E-state index is -0.522.